The van der Waals surface area contributed by atoms with Gasteiger partial charge in [0.05, 0.1) is 18.9 Å². The molecule has 0 unspecified atom stereocenters. The molecule has 4 atom stereocenters. The smallest absolute Gasteiger partial charge is 0.326 e. The quantitative estimate of drug-likeness (QED) is 0.614. The van der Waals surface area contributed by atoms with Gasteiger partial charge in [-0.2, -0.15) is 11.8 Å². The van der Waals surface area contributed by atoms with Gasteiger partial charge < -0.3 is 4.74 Å². The third-order valence-electron chi connectivity index (χ3n) is 5.35. The molecule has 140 valence electrons. The van der Waals surface area contributed by atoms with Crippen LogP contribution in [0.1, 0.15) is 18.0 Å². The van der Waals surface area contributed by atoms with Crippen LogP contribution in [0.15, 0.2) is 24.3 Å². The zero-order valence-electron chi connectivity index (χ0n) is 14.8. The topological polar surface area (TPSA) is 75.7 Å². The van der Waals surface area contributed by atoms with Crippen molar-refractivity contribution >= 4 is 29.5 Å². The molecule has 1 N–H and O–H groups in total. The van der Waals surface area contributed by atoms with Crippen LogP contribution in [0.4, 0.5) is 4.39 Å². The SMILES string of the molecule is COC(=O)[C@]1(CCSC)N[C@H](c2ccc(F)cc2)[C@H]2C(=O)N(C)C(=O)[C@H]21. The number of imide groups is 1. The highest BCUT2D eigenvalue weighted by Crippen LogP contribution is 2.50. The molecular formula is C18H21FN2O4S. The highest BCUT2D eigenvalue weighted by atomic mass is 32.2. The summed E-state index contributed by atoms with van der Waals surface area (Å²) in [6.45, 7) is 0. The lowest BCUT2D eigenvalue weighted by Crippen LogP contribution is -2.56. The van der Waals surface area contributed by atoms with Crippen molar-refractivity contribution in [1.29, 1.82) is 0 Å². The maximum absolute atomic E-state index is 13.3. The van der Waals surface area contributed by atoms with Gasteiger partial charge in [-0.05, 0) is 36.1 Å². The molecule has 8 heteroatoms. The number of carbonyl (C=O) groups is 3. The first kappa shape index (κ1) is 18.8. The second-order valence-electron chi connectivity index (χ2n) is 6.62. The van der Waals surface area contributed by atoms with Crippen LogP contribution in [0, 0.1) is 17.7 Å². The Kier molecular flexibility index (Phi) is 5.07. The molecule has 0 radical (unpaired) electrons. The van der Waals surface area contributed by atoms with Crippen LogP contribution in [0.5, 0.6) is 0 Å². The Bertz CT molecular complexity index is 741. The Hall–Kier alpha value is -1.93. The number of nitrogens with one attached hydrogen (secondary N) is 1. The fourth-order valence-corrected chi connectivity index (χ4v) is 4.59. The highest BCUT2D eigenvalue weighted by Gasteiger charge is 2.67. The van der Waals surface area contributed by atoms with Gasteiger partial charge in [0.15, 0.2) is 0 Å². The normalized spacial score (nSPS) is 30.6. The molecular weight excluding hydrogens is 359 g/mol. The molecule has 3 rings (SSSR count). The van der Waals surface area contributed by atoms with E-state index in [0.717, 1.165) is 4.90 Å². The number of fused-ring (bicyclic) bond motifs is 1. The minimum atomic E-state index is -1.28. The third kappa shape index (κ3) is 2.72. The molecule has 2 aliphatic rings. The minimum absolute atomic E-state index is 0.336. The van der Waals surface area contributed by atoms with Crippen LogP contribution in [-0.4, -0.2) is 54.4 Å². The van der Waals surface area contributed by atoms with Crippen molar-refractivity contribution in [3.8, 4) is 0 Å². The number of likely N-dealkylation sites (tertiary alicyclic amines) is 1. The second-order valence-corrected chi connectivity index (χ2v) is 7.60. The van der Waals surface area contributed by atoms with Crippen molar-refractivity contribution in [2.45, 2.75) is 18.0 Å². The molecule has 26 heavy (non-hydrogen) atoms. The summed E-state index contributed by atoms with van der Waals surface area (Å²) in [5, 5.41) is 3.23. The van der Waals surface area contributed by atoms with Crippen LogP contribution < -0.4 is 5.32 Å². The lowest BCUT2D eigenvalue weighted by molar-refractivity contribution is -0.154. The van der Waals surface area contributed by atoms with E-state index in [1.165, 1.54) is 26.3 Å². The number of hydrogen-bond donors (Lipinski definition) is 1. The Morgan fingerprint density at radius 2 is 1.96 bits per heavy atom. The number of methoxy groups -OCH3 is 1. The maximum Gasteiger partial charge on any atom is 0.326 e. The molecule has 0 bridgehead atoms. The van der Waals surface area contributed by atoms with Crippen molar-refractivity contribution in [3.63, 3.8) is 0 Å². The fraction of sp³-hybridized carbons (Fsp3) is 0.500. The first-order chi connectivity index (χ1) is 12.4. The largest absolute Gasteiger partial charge is 0.468 e. The lowest BCUT2D eigenvalue weighted by Gasteiger charge is -2.32. The van der Waals surface area contributed by atoms with Crippen molar-refractivity contribution in [2.75, 3.05) is 26.2 Å². The van der Waals surface area contributed by atoms with E-state index in [9.17, 15) is 18.8 Å². The first-order valence-electron chi connectivity index (χ1n) is 8.29. The van der Waals surface area contributed by atoms with E-state index in [1.807, 2.05) is 6.26 Å². The average Bonchev–Trinajstić information content (AvgIpc) is 3.10. The minimum Gasteiger partial charge on any atom is -0.468 e. The van der Waals surface area contributed by atoms with Gasteiger partial charge in [0, 0.05) is 13.1 Å². The molecule has 1 aromatic rings. The molecule has 1 aromatic carbocycles. The zero-order chi connectivity index (χ0) is 19.1. The third-order valence-corrected chi connectivity index (χ3v) is 5.97. The van der Waals surface area contributed by atoms with Gasteiger partial charge in [-0.15, -0.1) is 0 Å². The Morgan fingerprint density at radius 3 is 2.54 bits per heavy atom. The van der Waals surface area contributed by atoms with Gasteiger partial charge in [-0.1, -0.05) is 12.1 Å². The number of benzene rings is 1. The Labute approximate surface area is 155 Å². The molecule has 6 nitrogen and oxygen atoms in total. The number of esters is 1. The summed E-state index contributed by atoms with van der Waals surface area (Å²) in [4.78, 5) is 39.4. The van der Waals surface area contributed by atoms with Crippen molar-refractivity contribution < 1.29 is 23.5 Å². The molecule has 2 saturated heterocycles. The predicted molar refractivity (Wildman–Crippen MR) is 94.8 cm³/mol. The van der Waals surface area contributed by atoms with Crippen molar-refractivity contribution in [3.05, 3.63) is 35.6 Å². The van der Waals surface area contributed by atoms with Gasteiger partial charge in [-0.25, -0.2) is 4.39 Å². The highest BCUT2D eigenvalue weighted by molar-refractivity contribution is 7.98. The molecule has 0 aromatic heterocycles. The van der Waals surface area contributed by atoms with E-state index in [1.54, 1.807) is 23.9 Å². The number of amides is 2. The molecule has 2 fully saturated rings. The summed E-state index contributed by atoms with van der Waals surface area (Å²) >= 11 is 1.54. The second kappa shape index (κ2) is 7.00. The number of thioether (sulfide) groups is 1. The van der Waals surface area contributed by atoms with Crippen LogP contribution in [0.25, 0.3) is 0 Å². The Balaban J connectivity index is 2.11. The van der Waals surface area contributed by atoms with Crippen LogP contribution in [0.2, 0.25) is 0 Å². The standard InChI is InChI=1S/C18H21FN2O4S/c1-21-15(22)12-13(16(21)23)18(8-9-26-3,17(24)25-2)20-14(12)10-4-6-11(19)7-5-10/h4-7,12-14,20H,8-9H2,1-3H3/t12-,13-,14+,18+/m0/s1. The summed E-state index contributed by atoms with van der Waals surface area (Å²) < 4.78 is 18.3. The summed E-state index contributed by atoms with van der Waals surface area (Å²) in [6, 6.07) is 5.18. The number of carbonyl (C=O) groups excluding carboxylic acids is 3. The van der Waals surface area contributed by atoms with E-state index in [-0.39, 0.29) is 11.8 Å². The van der Waals surface area contributed by atoms with E-state index in [2.05, 4.69) is 5.32 Å². The zero-order valence-corrected chi connectivity index (χ0v) is 15.6. The van der Waals surface area contributed by atoms with Crippen molar-refractivity contribution in [1.82, 2.24) is 10.2 Å². The maximum atomic E-state index is 13.3. The molecule has 0 saturated carbocycles. The van der Waals surface area contributed by atoms with Gasteiger partial charge >= 0.3 is 5.97 Å². The number of hydrogen-bond acceptors (Lipinski definition) is 6. The number of rotatable bonds is 5. The monoisotopic (exact) mass is 380 g/mol. The predicted octanol–water partition coefficient (Wildman–Crippen LogP) is 1.37. The van der Waals surface area contributed by atoms with Crippen LogP contribution >= 0.6 is 11.8 Å². The van der Waals surface area contributed by atoms with Gasteiger partial charge in [0.2, 0.25) is 11.8 Å². The lowest BCUT2D eigenvalue weighted by atomic mass is 9.78. The average molecular weight is 380 g/mol. The van der Waals surface area contributed by atoms with E-state index in [0.29, 0.717) is 17.7 Å². The molecule has 2 heterocycles. The van der Waals surface area contributed by atoms with Crippen molar-refractivity contribution in [2.24, 2.45) is 11.8 Å². The van der Waals surface area contributed by atoms with E-state index >= 15 is 0 Å². The Morgan fingerprint density at radius 1 is 1.31 bits per heavy atom. The summed E-state index contributed by atoms with van der Waals surface area (Å²) in [5.41, 5.74) is -0.619. The van der Waals surface area contributed by atoms with Gasteiger partial charge in [0.1, 0.15) is 11.4 Å². The summed E-state index contributed by atoms with van der Waals surface area (Å²) in [6.07, 6.45) is 2.26. The van der Waals surface area contributed by atoms with Crippen LogP contribution in [0.3, 0.4) is 0 Å². The molecule has 2 amide bonds. The number of halogens is 1. The number of ether oxygens (including phenoxy) is 1. The molecule has 0 spiro atoms. The molecule has 2 aliphatic heterocycles. The fourth-order valence-electron chi connectivity index (χ4n) is 4.07. The number of nitrogens with zero attached hydrogens (tertiary/aromatic N) is 1. The summed E-state index contributed by atoms with van der Waals surface area (Å²) in [5.74, 6) is -2.61. The van der Waals surface area contributed by atoms with Gasteiger partial charge in [0.25, 0.3) is 0 Å². The van der Waals surface area contributed by atoms with E-state index in [4.69, 9.17) is 4.74 Å². The van der Waals surface area contributed by atoms with Crippen LogP contribution in [-0.2, 0) is 19.1 Å². The van der Waals surface area contributed by atoms with E-state index < -0.39 is 35.2 Å². The first-order valence-corrected chi connectivity index (χ1v) is 9.68. The summed E-state index contributed by atoms with van der Waals surface area (Å²) in [7, 11) is 2.71. The van der Waals surface area contributed by atoms with Gasteiger partial charge in [-0.3, -0.25) is 24.6 Å². The molecule has 0 aliphatic carbocycles.